The monoisotopic (exact) mass is 303 g/mol. The van der Waals surface area contributed by atoms with Gasteiger partial charge in [-0.25, -0.2) is 0 Å². The second-order valence-electron chi connectivity index (χ2n) is 4.80. The normalized spacial score (nSPS) is 11.7. The first kappa shape index (κ1) is 15.8. The minimum absolute atomic E-state index is 0.00512. The van der Waals surface area contributed by atoms with E-state index >= 15 is 0 Å². The minimum atomic E-state index is -0.834. The summed E-state index contributed by atoms with van der Waals surface area (Å²) in [6, 6.07) is 13.5. The van der Waals surface area contributed by atoms with E-state index in [1.54, 1.807) is 25.1 Å². The number of rotatable bonds is 7. The Morgan fingerprint density at radius 1 is 1.14 bits per heavy atom. The number of aryl methyl sites for hydroxylation is 1. The van der Waals surface area contributed by atoms with Gasteiger partial charge in [0.15, 0.2) is 0 Å². The number of hydrogen-bond acceptors (Lipinski definition) is 5. The van der Waals surface area contributed by atoms with E-state index in [0.29, 0.717) is 11.5 Å². The first-order chi connectivity index (χ1) is 10.6. The molecule has 0 aliphatic rings. The summed E-state index contributed by atoms with van der Waals surface area (Å²) in [5, 5.41) is 20.6. The molecule has 0 radical (unpaired) electrons. The predicted octanol–water partition coefficient (Wildman–Crippen LogP) is 2.72. The largest absolute Gasteiger partial charge is 0.491 e. The van der Waals surface area contributed by atoms with Crippen molar-refractivity contribution in [2.24, 2.45) is 0 Å². The molecule has 116 valence electrons. The summed E-state index contributed by atoms with van der Waals surface area (Å²) in [5.41, 5.74) is 0.720. The van der Waals surface area contributed by atoms with Gasteiger partial charge >= 0.3 is 0 Å². The topological polar surface area (TPSA) is 81.8 Å². The van der Waals surface area contributed by atoms with Gasteiger partial charge in [0.25, 0.3) is 5.69 Å². The van der Waals surface area contributed by atoms with Crippen LogP contribution in [0.1, 0.15) is 5.56 Å². The molecule has 0 aliphatic carbocycles. The summed E-state index contributed by atoms with van der Waals surface area (Å²) < 4.78 is 10.9. The highest BCUT2D eigenvalue weighted by Crippen LogP contribution is 2.24. The molecule has 1 atom stereocenters. The first-order valence-corrected chi connectivity index (χ1v) is 6.80. The molecule has 2 aromatic carbocycles. The quantitative estimate of drug-likeness (QED) is 0.628. The first-order valence-electron chi connectivity index (χ1n) is 6.80. The van der Waals surface area contributed by atoms with Crippen molar-refractivity contribution in [2.75, 3.05) is 13.2 Å². The molecule has 22 heavy (non-hydrogen) atoms. The Morgan fingerprint density at radius 3 is 2.50 bits per heavy atom. The maximum absolute atomic E-state index is 10.7. The third kappa shape index (κ3) is 4.46. The number of hydrogen-bond donors (Lipinski definition) is 1. The summed E-state index contributed by atoms with van der Waals surface area (Å²) >= 11 is 0. The van der Waals surface area contributed by atoms with E-state index in [9.17, 15) is 15.2 Å². The molecule has 2 rings (SSSR count). The predicted molar refractivity (Wildman–Crippen MR) is 81.3 cm³/mol. The molecule has 0 saturated heterocycles. The fraction of sp³-hybridized carbons (Fsp3) is 0.250. The zero-order chi connectivity index (χ0) is 15.9. The lowest BCUT2D eigenvalue weighted by Gasteiger charge is -2.14. The Kier molecular flexibility index (Phi) is 5.32. The molecule has 0 fully saturated rings. The minimum Gasteiger partial charge on any atom is -0.491 e. The summed E-state index contributed by atoms with van der Waals surface area (Å²) in [7, 11) is 0. The van der Waals surface area contributed by atoms with Crippen molar-refractivity contribution in [3.8, 4) is 11.5 Å². The average molecular weight is 303 g/mol. The van der Waals surface area contributed by atoms with Gasteiger partial charge in [0.1, 0.15) is 30.8 Å². The van der Waals surface area contributed by atoms with Gasteiger partial charge in [-0.1, -0.05) is 18.2 Å². The van der Waals surface area contributed by atoms with Crippen LogP contribution in [-0.2, 0) is 0 Å². The molecule has 0 heterocycles. The molecular formula is C16H17NO5. The molecular weight excluding hydrogens is 286 g/mol. The fourth-order valence-corrected chi connectivity index (χ4v) is 1.80. The second kappa shape index (κ2) is 7.42. The second-order valence-corrected chi connectivity index (χ2v) is 4.80. The standard InChI is InChI=1S/C16H17NO5/c1-12-7-8-13(17(19)20)9-16(12)22-11-14(18)10-21-15-5-3-2-4-6-15/h2-9,14,18H,10-11H2,1H3. The van der Waals surface area contributed by atoms with E-state index in [1.807, 2.05) is 18.2 Å². The number of benzene rings is 2. The van der Waals surface area contributed by atoms with Gasteiger partial charge in [0, 0.05) is 6.07 Å². The van der Waals surface area contributed by atoms with Crippen LogP contribution in [-0.4, -0.2) is 29.3 Å². The third-order valence-electron chi connectivity index (χ3n) is 3.00. The molecule has 1 unspecified atom stereocenters. The third-order valence-corrected chi connectivity index (χ3v) is 3.00. The smallest absolute Gasteiger partial charge is 0.273 e. The van der Waals surface area contributed by atoms with Gasteiger partial charge in [0.05, 0.1) is 11.0 Å². The van der Waals surface area contributed by atoms with E-state index in [-0.39, 0.29) is 18.9 Å². The van der Waals surface area contributed by atoms with E-state index in [4.69, 9.17) is 9.47 Å². The number of para-hydroxylation sites is 1. The summed E-state index contributed by atoms with van der Waals surface area (Å²) in [4.78, 5) is 10.3. The van der Waals surface area contributed by atoms with Crippen molar-refractivity contribution in [3.05, 3.63) is 64.2 Å². The lowest BCUT2D eigenvalue weighted by molar-refractivity contribution is -0.385. The number of nitro benzene ring substituents is 1. The highest BCUT2D eigenvalue weighted by Gasteiger charge is 2.12. The van der Waals surface area contributed by atoms with Crippen molar-refractivity contribution in [1.82, 2.24) is 0 Å². The number of ether oxygens (including phenoxy) is 2. The molecule has 0 spiro atoms. The van der Waals surface area contributed by atoms with Gasteiger partial charge in [-0.05, 0) is 30.7 Å². The van der Waals surface area contributed by atoms with E-state index in [0.717, 1.165) is 5.56 Å². The van der Waals surface area contributed by atoms with Crippen molar-refractivity contribution in [1.29, 1.82) is 0 Å². The van der Waals surface area contributed by atoms with Crippen LogP contribution in [0.4, 0.5) is 5.69 Å². The lowest BCUT2D eigenvalue weighted by Crippen LogP contribution is -2.25. The van der Waals surface area contributed by atoms with Gasteiger partial charge in [-0.15, -0.1) is 0 Å². The summed E-state index contributed by atoms with van der Waals surface area (Å²) in [5.74, 6) is 1.04. The number of nitrogens with zero attached hydrogens (tertiary/aromatic N) is 1. The van der Waals surface area contributed by atoms with Crippen LogP contribution >= 0.6 is 0 Å². The molecule has 0 amide bonds. The van der Waals surface area contributed by atoms with Gasteiger partial charge in [0.2, 0.25) is 0 Å². The fourth-order valence-electron chi connectivity index (χ4n) is 1.80. The van der Waals surface area contributed by atoms with Crippen LogP contribution in [0.5, 0.6) is 11.5 Å². The lowest BCUT2D eigenvalue weighted by atomic mass is 10.2. The van der Waals surface area contributed by atoms with Crippen molar-refractivity contribution < 1.29 is 19.5 Å². The maximum Gasteiger partial charge on any atom is 0.273 e. The zero-order valence-corrected chi connectivity index (χ0v) is 12.1. The number of non-ortho nitro benzene ring substituents is 1. The van der Waals surface area contributed by atoms with Crippen LogP contribution in [0.15, 0.2) is 48.5 Å². The van der Waals surface area contributed by atoms with Crippen LogP contribution in [0.3, 0.4) is 0 Å². The Bertz CT molecular complexity index is 630. The summed E-state index contributed by atoms with van der Waals surface area (Å²) in [6.45, 7) is 1.86. The van der Waals surface area contributed by atoms with E-state index < -0.39 is 11.0 Å². The number of aliphatic hydroxyl groups excluding tert-OH is 1. The molecule has 0 aromatic heterocycles. The van der Waals surface area contributed by atoms with Crippen molar-refractivity contribution in [3.63, 3.8) is 0 Å². The van der Waals surface area contributed by atoms with Gasteiger partial charge in [-0.3, -0.25) is 10.1 Å². The molecule has 0 aliphatic heterocycles. The van der Waals surface area contributed by atoms with Crippen LogP contribution in [0, 0.1) is 17.0 Å². The molecule has 0 bridgehead atoms. The van der Waals surface area contributed by atoms with E-state index in [2.05, 4.69) is 0 Å². The van der Waals surface area contributed by atoms with Gasteiger partial charge in [-0.2, -0.15) is 0 Å². The molecule has 6 nitrogen and oxygen atoms in total. The highest BCUT2D eigenvalue weighted by atomic mass is 16.6. The molecule has 6 heteroatoms. The Hall–Kier alpha value is -2.60. The SMILES string of the molecule is Cc1ccc([N+](=O)[O-])cc1OCC(O)COc1ccccc1. The van der Waals surface area contributed by atoms with Crippen LogP contribution in [0.2, 0.25) is 0 Å². The number of aliphatic hydroxyl groups is 1. The van der Waals surface area contributed by atoms with Crippen molar-refractivity contribution in [2.45, 2.75) is 13.0 Å². The van der Waals surface area contributed by atoms with Crippen molar-refractivity contribution >= 4 is 5.69 Å². The molecule has 1 N–H and O–H groups in total. The van der Waals surface area contributed by atoms with Crippen LogP contribution in [0.25, 0.3) is 0 Å². The average Bonchev–Trinajstić information content (AvgIpc) is 2.53. The molecule has 2 aromatic rings. The summed E-state index contributed by atoms with van der Waals surface area (Å²) in [6.07, 6.45) is -0.834. The Morgan fingerprint density at radius 2 is 1.82 bits per heavy atom. The Labute approximate surface area is 128 Å². The zero-order valence-electron chi connectivity index (χ0n) is 12.1. The van der Waals surface area contributed by atoms with Crippen LogP contribution < -0.4 is 9.47 Å². The molecule has 0 saturated carbocycles. The van der Waals surface area contributed by atoms with Gasteiger partial charge < -0.3 is 14.6 Å². The highest BCUT2D eigenvalue weighted by molar-refractivity contribution is 5.43. The maximum atomic E-state index is 10.7. The number of nitro groups is 1. The van der Waals surface area contributed by atoms with E-state index in [1.165, 1.54) is 12.1 Å². The Balaban J connectivity index is 1.87.